The van der Waals surface area contributed by atoms with Gasteiger partial charge in [-0.25, -0.2) is 14.5 Å². The lowest BCUT2D eigenvalue weighted by atomic mass is 10.1. The Hall–Kier alpha value is -3.73. The van der Waals surface area contributed by atoms with Crippen molar-refractivity contribution in [2.75, 3.05) is 32.1 Å². The molecular weight excluding hydrogens is 498 g/mol. The molecule has 3 aromatic heterocycles. The summed E-state index contributed by atoms with van der Waals surface area (Å²) in [5, 5.41) is 16.7. The maximum absolute atomic E-state index is 12.3. The minimum absolute atomic E-state index is 0.0225. The van der Waals surface area contributed by atoms with Gasteiger partial charge in [0.05, 0.1) is 19.0 Å². The second-order valence-electron chi connectivity index (χ2n) is 11.0. The van der Waals surface area contributed by atoms with E-state index in [4.69, 9.17) is 19.2 Å². The standard InChI is InChI=1S/C28H37N7O4/c1-28(2,3)39-27(36)34-14-12-20(13-15-34)30-24-11-10-23(32-33-24)22-9-8-21(26(31-22)37-4)19-17-29-35(18-19)25-7-5-6-16-38-25/h8-11,17-18,20,25H,5-7,12-16H2,1-4H3,(H,30,33). The first kappa shape index (κ1) is 26.9. The number of piperidine rings is 1. The molecule has 1 N–H and O–H groups in total. The molecule has 2 aliphatic rings. The van der Waals surface area contributed by atoms with Crippen molar-refractivity contribution in [3.8, 4) is 28.4 Å². The summed E-state index contributed by atoms with van der Waals surface area (Å²) >= 11 is 0. The number of methoxy groups -OCH3 is 1. The van der Waals surface area contributed by atoms with E-state index in [9.17, 15) is 4.79 Å². The van der Waals surface area contributed by atoms with Crippen molar-refractivity contribution in [1.82, 2.24) is 29.9 Å². The predicted molar refractivity (Wildman–Crippen MR) is 146 cm³/mol. The summed E-state index contributed by atoms with van der Waals surface area (Å²) in [4.78, 5) is 18.8. The van der Waals surface area contributed by atoms with Crippen LogP contribution in [0.4, 0.5) is 10.6 Å². The molecule has 5 rings (SSSR count). The molecule has 2 fully saturated rings. The Bertz CT molecular complexity index is 1260. The molecular formula is C28H37N7O4. The minimum atomic E-state index is -0.490. The maximum atomic E-state index is 12.3. The fraction of sp³-hybridized carbons (Fsp3) is 0.536. The van der Waals surface area contributed by atoms with Crippen LogP contribution in [0.5, 0.6) is 5.88 Å². The Balaban J connectivity index is 1.20. The highest BCUT2D eigenvalue weighted by Gasteiger charge is 2.27. The lowest BCUT2D eigenvalue weighted by Crippen LogP contribution is -2.44. The molecule has 1 unspecified atom stereocenters. The second kappa shape index (κ2) is 11.6. The molecule has 0 spiro atoms. The zero-order valence-electron chi connectivity index (χ0n) is 23.1. The first-order chi connectivity index (χ1) is 18.8. The number of carbonyl (C=O) groups excluding carboxylic acids is 1. The Morgan fingerprint density at radius 1 is 1.05 bits per heavy atom. The number of hydrogen-bond acceptors (Lipinski definition) is 9. The van der Waals surface area contributed by atoms with Gasteiger partial charge in [0.25, 0.3) is 0 Å². The van der Waals surface area contributed by atoms with Gasteiger partial charge in [0.2, 0.25) is 5.88 Å². The molecule has 0 aromatic carbocycles. The fourth-order valence-corrected chi connectivity index (χ4v) is 4.81. The van der Waals surface area contributed by atoms with Crippen molar-refractivity contribution in [3.05, 3.63) is 36.7 Å². The zero-order chi connectivity index (χ0) is 27.4. The summed E-state index contributed by atoms with van der Waals surface area (Å²) in [6.45, 7) is 7.68. The van der Waals surface area contributed by atoms with Gasteiger partial charge >= 0.3 is 6.09 Å². The van der Waals surface area contributed by atoms with Gasteiger partial charge in [-0.05, 0) is 77.1 Å². The Labute approximate surface area is 228 Å². The lowest BCUT2D eigenvalue weighted by Gasteiger charge is -2.33. The molecule has 2 aliphatic heterocycles. The summed E-state index contributed by atoms with van der Waals surface area (Å²) in [6.07, 6.45) is 8.34. The molecule has 0 radical (unpaired) electrons. The quantitative estimate of drug-likeness (QED) is 0.469. The number of pyridine rings is 1. The Morgan fingerprint density at radius 3 is 2.51 bits per heavy atom. The third-order valence-corrected chi connectivity index (χ3v) is 6.84. The second-order valence-corrected chi connectivity index (χ2v) is 11.0. The molecule has 3 aromatic rings. The largest absolute Gasteiger partial charge is 0.481 e. The van der Waals surface area contributed by atoms with Gasteiger partial charge in [-0.2, -0.15) is 5.10 Å². The summed E-state index contributed by atoms with van der Waals surface area (Å²) in [5.74, 6) is 1.19. The molecule has 0 saturated carbocycles. The van der Waals surface area contributed by atoms with Gasteiger partial charge < -0.3 is 24.4 Å². The van der Waals surface area contributed by atoms with Crippen LogP contribution < -0.4 is 10.1 Å². The number of ether oxygens (including phenoxy) is 3. The number of nitrogens with zero attached hydrogens (tertiary/aromatic N) is 6. The smallest absolute Gasteiger partial charge is 0.410 e. The zero-order valence-corrected chi connectivity index (χ0v) is 23.1. The predicted octanol–water partition coefficient (Wildman–Crippen LogP) is 4.92. The van der Waals surface area contributed by atoms with E-state index in [2.05, 4.69) is 20.6 Å². The number of hydrogen-bond donors (Lipinski definition) is 1. The molecule has 11 nitrogen and oxygen atoms in total. The van der Waals surface area contributed by atoms with Gasteiger partial charge in [-0.3, -0.25) is 0 Å². The van der Waals surface area contributed by atoms with Gasteiger partial charge in [-0.15, -0.1) is 10.2 Å². The average molecular weight is 536 g/mol. The van der Waals surface area contributed by atoms with E-state index in [1.165, 1.54) is 0 Å². The molecule has 0 bridgehead atoms. The third kappa shape index (κ3) is 6.65. The van der Waals surface area contributed by atoms with Crippen LogP contribution in [0.15, 0.2) is 36.7 Å². The molecule has 2 saturated heterocycles. The van der Waals surface area contributed by atoms with E-state index in [0.717, 1.165) is 49.8 Å². The van der Waals surface area contributed by atoms with Gasteiger partial charge in [-0.1, -0.05) is 0 Å². The van der Waals surface area contributed by atoms with E-state index < -0.39 is 5.60 Å². The maximum Gasteiger partial charge on any atom is 0.410 e. The van der Waals surface area contributed by atoms with Crippen molar-refractivity contribution in [2.24, 2.45) is 0 Å². The lowest BCUT2D eigenvalue weighted by molar-refractivity contribution is -0.0394. The highest BCUT2D eigenvalue weighted by molar-refractivity contribution is 5.70. The average Bonchev–Trinajstić information content (AvgIpc) is 3.43. The van der Waals surface area contributed by atoms with E-state index in [1.807, 2.05) is 62.1 Å². The number of likely N-dealkylation sites (tertiary alicyclic amines) is 1. The highest BCUT2D eigenvalue weighted by atomic mass is 16.6. The number of carbonyl (C=O) groups is 1. The van der Waals surface area contributed by atoms with E-state index in [-0.39, 0.29) is 18.4 Å². The van der Waals surface area contributed by atoms with Gasteiger partial charge in [0.15, 0.2) is 0 Å². The first-order valence-electron chi connectivity index (χ1n) is 13.6. The van der Waals surface area contributed by atoms with Crippen LogP contribution in [0, 0.1) is 0 Å². The van der Waals surface area contributed by atoms with Gasteiger partial charge in [0.1, 0.15) is 23.3 Å². The number of rotatable bonds is 6. The van der Waals surface area contributed by atoms with Crippen molar-refractivity contribution in [1.29, 1.82) is 0 Å². The molecule has 208 valence electrons. The SMILES string of the molecule is COc1nc(-c2ccc(NC3CCN(C(=O)OC(C)(C)C)CC3)nn2)ccc1-c1cnn(C2CCCCO2)c1. The topological polar surface area (TPSA) is 117 Å². The van der Waals surface area contributed by atoms with Crippen LogP contribution in [0.25, 0.3) is 22.5 Å². The summed E-state index contributed by atoms with van der Waals surface area (Å²) in [5.41, 5.74) is 2.60. The molecule has 1 atom stereocenters. The molecule has 0 aliphatic carbocycles. The molecule has 5 heterocycles. The fourth-order valence-electron chi connectivity index (χ4n) is 4.81. The van der Waals surface area contributed by atoms with Gasteiger partial charge in [0, 0.05) is 43.1 Å². The summed E-state index contributed by atoms with van der Waals surface area (Å²) in [7, 11) is 1.61. The van der Waals surface area contributed by atoms with Crippen LogP contribution in [0.2, 0.25) is 0 Å². The van der Waals surface area contributed by atoms with Crippen molar-refractivity contribution in [2.45, 2.75) is 70.7 Å². The van der Waals surface area contributed by atoms with Crippen molar-refractivity contribution in [3.63, 3.8) is 0 Å². The Kier molecular flexibility index (Phi) is 7.97. The van der Waals surface area contributed by atoms with Crippen LogP contribution in [0.3, 0.4) is 0 Å². The number of anilines is 1. The normalized spacial score (nSPS) is 18.6. The van der Waals surface area contributed by atoms with Crippen LogP contribution in [-0.2, 0) is 9.47 Å². The number of aromatic nitrogens is 5. The van der Waals surface area contributed by atoms with E-state index in [0.29, 0.717) is 36.2 Å². The van der Waals surface area contributed by atoms with Crippen LogP contribution in [-0.4, -0.2) is 74.4 Å². The summed E-state index contributed by atoms with van der Waals surface area (Å²) in [6, 6.07) is 7.89. The number of amides is 1. The van der Waals surface area contributed by atoms with E-state index >= 15 is 0 Å². The van der Waals surface area contributed by atoms with Crippen LogP contribution >= 0.6 is 0 Å². The van der Waals surface area contributed by atoms with Crippen molar-refractivity contribution < 1.29 is 19.0 Å². The minimum Gasteiger partial charge on any atom is -0.481 e. The molecule has 1 amide bonds. The number of nitrogens with one attached hydrogen (secondary N) is 1. The third-order valence-electron chi connectivity index (χ3n) is 6.84. The highest BCUT2D eigenvalue weighted by Crippen LogP contribution is 2.32. The first-order valence-corrected chi connectivity index (χ1v) is 13.6. The monoisotopic (exact) mass is 535 g/mol. The molecule has 39 heavy (non-hydrogen) atoms. The Morgan fingerprint density at radius 2 is 1.85 bits per heavy atom. The van der Waals surface area contributed by atoms with Crippen LogP contribution in [0.1, 0.15) is 59.1 Å². The van der Waals surface area contributed by atoms with E-state index in [1.54, 1.807) is 12.0 Å². The molecule has 11 heteroatoms. The summed E-state index contributed by atoms with van der Waals surface area (Å²) < 4.78 is 18.8. The van der Waals surface area contributed by atoms with Crippen molar-refractivity contribution >= 4 is 11.9 Å².